The smallest absolute Gasteiger partial charge is 0.165 e. The van der Waals surface area contributed by atoms with Crippen LogP contribution in [0, 0.1) is 5.92 Å². The summed E-state index contributed by atoms with van der Waals surface area (Å²) in [5, 5.41) is 8.62. The third-order valence-electron chi connectivity index (χ3n) is 4.79. The fourth-order valence-electron chi connectivity index (χ4n) is 3.59. The molecule has 0 unspecified atom stereocenters. The van der Waals surface area contributed by atoms with Gasteiger partial charge in [-0.3, -0.25) is 4.68 Å². The van der Waals surface area contributed by atoms with Crippen LogP contribution in [-0.4, -0.2) is 24.4 Å². The minimum absolute atomic E-state index is 0.649. The highest BCUT2D eigenvalue weighted by molar-refractivity contribution is 5.77. The van der Waals surface area contributed by atoms with Crippen LogP contribution in [0.4, 0.5) is 5.82 Å². The first-order valence-corrected chi connectivity index (χ1v) is 8.33. The van der Waals surface area contributed by atoms with Crippen molar-refractivity contribution >= 4 is 11.5 Å². The maximum atomic E-state index is 6.20. The van der Waals surface area contributed by atoms with Gasteiger partial charge in [-0.1, -0.05) is 32.1 Å². The molecular formula is C17H22N6. The number of rotatable bonds is 3. The van der Waals surface area contributed by atoms with Gasteiger partial charge in [-0.2, -0.15) is 14.7 Å². The van der Waals surface area contributed by atoms with Crippen molar-refractivity contribution in [2.75, 3.05) is 5.73 Å². The van der Waals surface area contributed by atoms with Gasteiger partial charge in [0.05, 0.1) is 12.4 Å². The van der Waals surface area contributed by atoms with Crippen molar-refractivity contribution in [3.8, 4) is 11.1 Å². The topological polar surface area (TPSA) is 74.0 Å². The third-order valence-corrected chi connectivity index (χ3v) is 4.79. The molecule has 120 valence electrons. The lowest BCUT2D eigenvalue weighted by Crippen LogP contribution is -2.11. The molecule has 2 N–H and O–H groups in total. The van der Waals surface area contributed by atoms with Crippen LogP contribution in [0.15, 0.2) is 24.7 Å². The summed E-state index contributed by atoms with van der Waals surface area (Å²) in [5.74, 6) is 1.39. The van der Waals surface area contributed by atoms with E-state index in [-0.39, 0.29) is 0 Å². The molecule has 0 amide bonds. The second kappa shape index (κ2) is 5.68. The van der Waals surface area contributed by atoms with Crippen LogP contribution in [0.2, 0.25) is 0 Å². The second-order valence-electron chi connectivity index (χ2n) is 6.58. The van der Waals surface area contributed by atoms with E-state index < -0.39 is 0 Å². The van der Waals surface area contributed by atoms with Crippen LogP contribution >= 0.6 is 0 Å². The molecule has 0 aromatic carbocycles. The van der Waals surface area contributed by atoms with Gasteiger partial charge < -0.3 is 5.73 Å². The number of nitrogens with two attached hydrogens (primary N) is 1. The average Bonchev–Trinajstić information content (AvgIpc) is 3.14. The molecule has 0 bridgehead atoms. The van der Waals surface area contributed by atoms with Gasteiger partial charge in [-0.15, -0.1) is 0 Å². The minimum atomic E-state index is 0.649. The standard InChI is InChI=1S/C17H22N6/c1-22-11-13(9-19-22)15-10-20-23-16(18)8-14(21-17(15)23)7-12-5-3-2-4-6-12/h8-12H,2-7,18H2,1H3. The van der Waals surface area contributed by atoms with Gasteiger partial charge in [0.2, 0.25) is 0 Å². The van der Waals surface area contributed by atoms with Gasteiger partial charge in [0.25, 0.3) is 0 Å². The lowest BCUT2D eigenvalue weighted by atomic mass is 9.86. The summed E-state index contributed by atoms with van der Waals surface area (Å²) in [7, 11) is 1.91. The number of nitrogen functional groups attached to an aromatic ring is 1. The van der Waals surface area contributed by atoms with Crippen LogP contribution in [0.5, 0.6) is 0 Å². The Kier molecular flexibility index (Phi) is 3.52. The number of nitrogens with zero attached hydrogens (tertiary/aromatic N) is 5. The molecular weight excluding hydrogens is 288 g/mol. The molecule has 3 heterocycles. The minimum Gasteiger partial charge on any atom is -0.384 e. The van der Waals surface area contributed by atoms with E-state index in [0.29, 0.717) is 5.82 Å². The molecule has 0 aliphatic heterocycles. The molecule has 0 radical (unpaired) electrons. The van der Waals surface area contributed by atoms with Crippen molar-refractivity contribution in [1.82, 2.24) is 24.4 Å². The molecule has 6 nitrogen and oxygen atoms in total. The zero-order valence-electron chi connectivity index (χ0n) is 13.4. The van der Waals surface area contributed by atoms with E-state index in [4.69, 9.17) is 10.7 Å². The van der Waals surface area contributed by atoms with Crippen LogP contribution in [0.1, 0.15) is 37.8 Å². The number of aryl methyl sites for hydroxylation is 1. The lowest BCUT2D eigenvalue weighted by molar-refractivity contribution is 0.354. The van der Waals surface area contributed by atoms with Crippen LogP contribution in [-0.2, 0) is 13.5 Å². The van der Waals surface area contributed by atoms with Crippen LogP contribution < -0.4 is 5.73 Å². The molecule has 6 heteroatoms. The van der Waals surface area contributed by atoms with E-state index in [1.807, 2.05) is 31.7 Å². The number of anilines is 1. The van der Waals surface area contributed by atoms with E-state index in [0.717, 1.165) is 34.8 Å². The van der Waals surface area contributed by atoms with Crippen molar-refractivity contribution in [2.45, 2.75) is 38.5 Å². The summed E-state index contributed by atoms with van der Waals surface area (Å²) < 4.78 is 3.50. The van der Waals surface area contributed by atoms with Gasteiger partial charge in [-0.05, 0) is 12.3 Å². The van der Waals surface area contributed by atoms with Crippen molar-refractivity contribution in [1.29, 1.82) is 0 Å². The predicted octanol–water partition coefficient (Wildman–Crippen LogP) is 2.83. The number of fused-ring (bicyclic) bond motifs is 1. The summed E-state index contributed by atoms with van der Waals surface area (Å²) in [5.41, 5.74) is 10.1. The Balaban J connectivity index is 1.72. The Hall–Kier alpha value is -2.37. The summed E-state index contributed by atoms with van der Waals surface area (Å²) in [6.07, 6.45) is 13.3. The molecule has 0 atom stereocenters. The van der Waals surface area contributed by atoms with E-state index in [1.54, 1.807) is 9.20 Å². The number of aromatic nitrogens is 5. The monoisotopic (exact) mass is 310 g/mol. The predicted molar refractivity (Wildman–Crippen MR) is 89.9 cm³/mol. The van der Waals surface area contributed by atoms with Gasteiger partial charge >= 0.3 is 0 Å². The molecule has 1 aliphatic rings. The number of hydrogen-bond donors (Lipinski definition) is 1. The summed E-state index contributed by atoms with van der Waals surface area (Å²) in [6.45, 7) is 0. The molecule has 4 rings (SSSR count). The molecule has 1 fully saturated rings. The van der Waals surface area contributed by atoms with Gasteiger partial charge in [-0.25, -0.2) is 4.98 Å². The molecule has 1 saturated carbocycles. The largest absolute Gasteiger partial charge is 0.384 e. The maximum absolute atomic E-state index is 6.20. The molecule has 1 aliphatic carbocycles. The Morgan fingerprint density at radius 3 is 2.74 bits per heavy atom. The van der Waals surface area contributed by atoms with Crippen molar-refractivity contribution in [3.63, 3.8) is 0 Å². The summed E-state index contributed by atoms with van der Waals surface area (Å²) in [4.78, 5) is 4.86. The molecule has 23 heavy (non-hydrogen) atoms. The average molecular weight is 310 g/mol. The first kappa shape index (κ1) is 14.2. The van der Waals surface area contributed by atoms with Gasteiger partial charge in [0, 0.05) is 36.1 Å². The van der Waals surface area contributed by atoms with Crippen LogP contribution in [0.25, 0.3) is 16.8 Å². The van der Waals surface area contributed by atoms with Crippen LogP contribution in [0.3, 0.4) is 0 Å². The van der Waals surface area contributed by atoms with Crippen molar-refractivity contribution in [3.05, 3.63) is 30.4 Å². The van der Waals surface area contributed by atoms with Crippen molar-refractivity contribution in [2.24, 2.45) is 13.0 Å². The maximum Gasteiger partial charge on any atom is 0.165 e. The first-order valence-electron chi connectivity index (χ1n) is 8.33. The molecule has 0 saturated heterocycles. The van der Waals surface area contributed by atoms with E-state index in [9.17, 15) is 0 Å². The Labute approximate surface area is 135 Å². The van der Waals surface area contributed by atoms with Crippen molar-refractivity contribution < 1.29 is 0 Å². The zero-order chi connectivity index (χ0) is 15.8. The highest BCUT2D eigenvalue weighted by Gasteiger charge is 2.17. The quantitative estimate of drug-likeness (QED) is 0.807. The highest BCUT2D eigenvalue weighted by Crippen LogP contribution is 2.29. The van der Waals surface area contributed by atoms with E-state index >= 15 is 0 Å². The highest BCUT2D eigenvalue weighted by atomic mass is 15.3. The Morgan fingerprint density at radius 1 is 1.17 bits per heavy atom. The normalized spacial score (nSPS) is 16.2. The second-order valence-corrected chi connectivity index (χ2v) is 6.58. The zero-order valence-corrected chi connectivity index (χ0v) is 13.4. The number of hydrogen-bond acceptors (Lipinski definition) is 4. The Morgan fingerprint density at radius 2 is 2.00 bits per heavy atom. The van der Waals surface area contributed by atoms with Gasteiger partial charge in [0.1, 0.15) is 5.82 Å². The fraction of sp³-hybridized carbons (Fsp3) is 0.471. The van der Waals surface area contributed by atoms with E-state index in [2.05, 4.69) is 10.2 Å². The lowest BCUT2D eigenvalue weighted by Gasteiger charge is -2.21. The first-order chi connectivity index (χ1) is 11.2. The van der Waals surface area contributed by atoms with E-state index in [1.165, 1.54) is 32.1 Å². The third kappa shape index (κ3) is 2.69. The molecule has 0 spiro atoms. The van der Waals surface area contributed by atoms with Gasteiger partial charge in [0.15, 0.2) is 5.65 Å². The fourth-order valence-corrected chi connectivity index (χ4v) is 3.59. The summed E-state index contributed by atoms with van der Waals surface area (Å²) in [6, 6.07) is 1.97. The summed E-state index contributed by atoms with van der Waals surface area (Å²) >= 11 is 0. The SMILES string of the molecule is Cn1cc(-c2cnn3c(N)cc(CC4CCCCC4)nc23)cn1. The molecule has 3 aromatic rings. The molecule has 3 aromatic heterocycles. The Bertz CT molecular complexity index is 825.